The van der Waals surface area contributed by atoms with E-state index in [0.29, 0.717) is 5.56 Å². The van der Waals surface area contributed by atoms with Crippen LogP contribution in [0, 0.1) is 11.3 Å². The molecule has 0 aromatic heterocycles. The van der Waals surface area contributed by atoms with Crippen LogP contribution >= 0.6 is 0 Å². The number of nitriles is 1. The molecule has 200 valence electrons. The average molecular weight is 558 g/mol. The van der Waals surface area contributed by atoms with Gasteiger partial charge in [0.2, 0.25) is 5.91 Å². The van der Waals surface area contributed by atoms with Gasteiger partial charge in [-0.2, -0.15) is 18.4 Å². The summed E-state index contributed by atoms with van der Waals surface area (Å²) in [5, 5.41) is 14.2. The number of halogens is 3. The van der Waals surface area contributed by atoms with E-state index in [4.69, 9.17) is 0 Å². The van der Waals surface area contributed by atoms with Crippen molar-refractivity contribution >= 4 is 25.6 Å². The number of benzene rings is 2. The summed E-state index contributed by atoms with van der Waals surface area (Å²) in [6, 6.07) is 12.2. The molecule has 0 spiro atoms. The van der Waals surface area contributed by atoms with Crippen LogP contribution in [-0.2, 0) is 30.2 Å². The molecule has 0 unspecified atom stereocenters. The van der Waals surface area contributed by atoms with E-state index >= 15 is 0 Å². The number of sulfone groups is 2. The van der Waals surface area contributed by atoms with Gasteiger partial charge in [-0.15, -0.1) is 0 Å². The van der Waals surface area contributed by atoms with Crippen molar-refractivity contribution < 1.29 is 34.8 Å². The normalized spacial score (nSPS) is 18.8. The summed E-state index contributed by atoms with van der Waals surface area (Å²) in [6.45, 7) is 0. The molecule has 2 aromatic carbocycles. The van der Waals surface area contributed by atoms with E-state index in [1.54, 1.807) is 18.2 Å². The average Bonchev–Trinajstić information content (AvgIpc) is 2.83. The molecule has 2 atom stereocenters. The zero-order chi connectivity index (χ0) is 27.3. The summed E-state index contributed by atoms with van der Waals surface area (Å²) in [7, 11) is -7.53. The topological polar surface area (TPSA) is 133 Å². The third kappa shape index (κ3) is 8.02. The van der Waals surface area contributed by atoms with Crippen LogP contribution in [0.3, 0.4) is 0 Å². The Morgan fingerprint density at radius 1 is 1.03 bits per heavy atom. The van der Waals surface area contributed by atoms with Crippen LogP contribution in [0.5, 0.6) is 0 Å². The second-order valence-corrected chi connectivity index (χ2v) is 13.4. The highest BCUT2D eigenvalue weighted by atomic mass is 32.2. The van der Waals surface area contributed by atoms with Crippen molar-refractivity contribution in [2.45, 2.75) is 42.4 Å². The number of amides is 1. The second kappa shape index (κ2) is 11.2. The summed E-state index contributed by atoms with van der Waals surface area (Å²) >= 11 is 0. The van der Waals surface area contributed by atoms with E-state index in [0.717, 1.165) is 0 Å². The molecule has 37 heavy (non-hydrogen) atoms. The summed E-state index contributed by atoms with van der Waals surface area (Å²) in [4.78, 5) is 13.3. The summed E-state index contributed by atoms with van der Waals surface area (Å²) in [5.74, 6) is -3.40. The largest absolute Gasteiger partial charge is 0.407 e. The number of hydrogen-bond donors (Lipinski definition) is 2. The molecule has 1 heterocycles. The van der Waals surface area contributed by atoms with Crippen molar-refractivity contribution in [2.24, 2.45) is 0 Å². The lowest BCUT2D eigenvalue weighted by molar-refractivity contribution is -0.160. The maximum atomic E-state index is 14.0. The highest BCUT2D eigenvalue weighted by molar-refractivity contribution is 7.91. The SMILES string of the molecule is N#CC1(NC(=O)[C@@H](CS(=O)(=O)Cc2ccccc2)N[C@@H](c2ccccc2)C(F)(F)F)CCS(=O)(=O)CC1. The Hall–Kier alpha value is -2.95. The zero-order valence-electron chi connectivity index (χ0n) is 19.6. The fraction of sp³-hybridized carbons (Fsp3) is 0.417. The minimum Gasteiger partial charge on any atom is -0.336 e. The molecular weight excluding hydrogens is 531 g/mol. The lowest BCUT2D eigenvalue weighted by Gasteiger charge is -2.34. The van der Waals surface area contributed by atoms with Crippen molar-refractivity contribution in [3.63, 3.8) is 0 Å². The van der Waals surface area contributed by atoms with Crippen LogP contribution in [0.15, 0.2) is 60.7 Å². The summed E-state index contributed by atoms with van der Waals surface area (Å²) in [5.41, 5.74) is -1.48. The van der Waals surface area contributed by atoms with Crippen LogP contribution in [0.25, 0.3) is 0 Å². The third-order valence-corrected chi connectivity index (χ3v) is 9.32. The smallest absolute Gasteiger partial charge is 0.336 e. The Bertz CT molecular complexity index is 1330. The summed E-state index contributed by atoms with van der Waals surface area (Å²) < 4.78 is 91.6. The molecule has 0 aliphatic carbocycles. The first-order valence-corrected chi connectivity index (χ1v) is 14.9. The number of rotatable bonds is 9. The predicted molar refractivity (Wildman–Crippen MR) is 130 cm³/mol. The molecule has 0 radical (unpaired) electrons. The fourth-order valence-corrected chi connectivity index (χ4v) is 7.14. The van der Waals surface area contributed by atoms with Crippen LogP contribution in [-0.4, -0.2) is 57.8 Å². The molecule has 1 aliphatic heterocycles. The zero-order valence-corrected chi connectivity index (χ0v) is 21.2. The minimum atomic E-state index is -4.88. The monoisotopic (exact) mass is 557 g/mol. The minimum absolute atomic E-state index is 0.230. The first-order valence-electron chi connectivity index (χ1n) is 11.3. The number of alkyl halides is 3. The van der Waals surface area contributed by atoms with Gasteiger partial charge in [0.15, 0.2) is 19.7 Å². The predicted octanol–water partition coefficient (Wildman–Crippen LogP) is 2.45. The van der Waals surface area contributed by atoms with Crippen LogP contribution in [0.4, 0.5) is 13.2 Å². The van der Waals surface area contributed by atoms with Gasteiger partial charge in [0, 0.05) is 0 Å². The quantitative estimate of drug-likeness (QED) is 0.484. The van der Waals surface area contributed by atoms with E-state index in [1.807, 2.05) is 6.07 Å². The molecule has 2 N–H and O–H groups in total. The van der Waals surface area contributed by atoms with Crippen LogP contribution in [0.1, 0.15) is 30.0 Å². The highest BCUT2D eigenvalue weighted by Crippen LogP contribution is 2.33. The molecular formula is C24H26F3N3O5S2. The standard InChI is InChI=1S/C24H26F3N3O5S2/c25-24(26,27)21(19-9-5-2-6-10-19)29-20(16-37(34,35)15-18-7-3-1-4-8-18)22(31)30-23(17-28)11-13-36(32,33)14-12-23/h1-10,20-21,29H,11-16H2,(H,30,31)/t20-,21+/m1/s1. The van der Waals surface area contributed by atoms with Crippen molar-refractivity contribution in [2.75, 3.05) is 17.3 Å². The number of hydrogen-bond acceptors (Lipinski definition) is 7. The Kier molecular flexibility index (Phi) is 8.66. The van der Waals surface area contributed by atoms with E-state index in [9.17, 15) is 40.1 Å². The van der Waals surface area contributed by atoms with Gasteiger partial charge in [-0.25, -0.2) is 16.8 Å². The van der Waals surface area contributed by atoms with Crippen LogP contribution < -0.4 is 10.6 Å². The van der Waals surface area contributed by atoms with Crippen molar-refractivity contribution in [1.82, 2.24) is 10.6 Å². The van der Waals surface area contributed by atoms with Gasteiger partial charge in [0.25, 0.3) is 0 Å². The Labute approximate surface area is 213 Å². The van der Waals surface area contributed by atoms with Gasteiger partial charge in [-0.1, -0.05) is 60.7 Å². The number of carbonyl (C=O) groups is 1. The maximum absolute atomic E-state index is 14.0. The molecule has 3 rings (SSSR count). The van der Waals surface area contributed by atoms with Crippen molar-refractivity contribution in [3.8, 4) is 6.07 Å². The van der Waals surface area contributed by atoms with E-state index in [2.05, 4.69) is 10.6 Å². The Morgan fingerprint density at radius 2 is 1.57 bits per heavy atom. The van der Waals surface area contributed by atoms with Gasteiger partial charge < -0.3 is 5.32 Å². The number of carbonyl (C=O) groups excluding carboxylic acids is 1. The lowest BCUT2D eigenvalue weighted by atomic mass is 9.93. The van der Waals surface area contributed by atoms with E-state index < -0.39 is 60.9 Å². The van der Waals surface area contributed by atoms with Gasteiger partial charge in [-0.3, -0.25) is 10.1 Å². The Balaban J connectivity index is 1.92. The van der Waals surface area contributed by atoms with Gasteiger partial charge in [0.05, 0.1) is 29.1 Å². The number of nitrogens with zero attached hydrogens (tertiary/aromatic N) is 1. The molecule has 8 nitrogen and oxygen atoms in total. The first-order chi connectivity index (χ1) is 17.2. The molecule has 1 aliphatic rings. The molecule has 0 saturated carbocycles. The molecule has 1 fully saturated rings. The number of nitrogens with one attached hydrogen (secondary N) is 2. The Morgan fingerprint density at radius 3 is 2.08 bits per heavy atom. The van der Waals surface area contributed by atoms with E-state index in [-0.39, 0.29) is 29.9 Å². The molecule has 2 aromatic rings. The van der Waals surface area contributed by atoms with Gasteiger partial charge >= 0.3 is 6.18 Å². The highest BCUT2D eigenvalue weighted by Gasteiger charge is 2.45. The summed E-state index contributed by atoms with van der Waals surface area (Å²) in [6.07, 6.45) is -5.40. The van der Waals surface area contributed by atoms with Crippen LogP contribution in [0.2, 0.25) is 0 Å². The lowest BCUT2D eigenvalue weighted by Crippen LogP contribution is -2.59. The molecule has 0 bridgehead atoms. The van der Waals surface area contributed by atoms with Crippen molar-refractivity contribution in [3.05, 3.63) is 71.8 Å². The second-order valence-electron chi connectivity index (χ2n) is 8.98. The van der Waals surface area contributed by atoms with Gasteiger partial charge in [-0.05, 0) is 24.0 Å². The molecule has 1 saturated heterocycles. The first kappa shape index (κ1) is 28.6. The molecule has 1 amide bonds. The van der Waals surface area contributed by atoms with Crippen molar-refractivity contribution in [1.29, 1.82) is 5.26 Å². The maximum Gasteiger partial charge on any atom is 0.407 e. The fourth-order valence-electron chi connectivity index (χ4n) is 4.04. The third-order valence-electron chi connectivity index (χ3n) is 6.05. The van der Waals surface area contributed by atoms with E-state index in [1.165, 1.54) is 42.5 Å². The molecule has 13 heteroatoms. The van der Waals surface area contributed by atoms with Gasteiger partial charge in [0.1, 0.15) is 17.6 Å².